The average molecular weight is 642 g/mol. The predicted molar refractivity (Wildman–Crippen MR) is 167 cm³/mol. The summed E-state index contributed by atoms with van der Waals surface area (Å²) in [6.45, 7) is 11.3. The van der Waals surface area contributed by atoms with Gasteiger partial charge in [-0.25, -0.2) is 14.4 Å². The lowest BCUT2D eigenvalue weighted by Crippen LogP contribution is -2.26. The van der Waals surface area contributed by atoms with Crippen molar-refractivity contribution in [3.8, 4) is 5.75 Å². The summed E-state index contributed by atoms with van der Waals surface area (Å²) in [5.74, 6) is -0.488. The minimum Gasteiger partial charge on any atom is -0.475 e. The van der Waals surface area contributed by atoms with Gasteiger partial charge in [-0.1, -0.05) is 67.6 Å². The third-order valence-electron chi connectivity index (χ3n) is 5.41. The van der Waals surface area contributed by atoms with Gasteiger partial charge in [0.25, 0.3) is 0 Å². The van der Waals surface area contributed by atoms with E-state index in [0.29, 0.717) is 23.7 Å². The molecule has 1 aliphatic rings. The number of hydrogen-bond donors (Lipinski definition) is 4. The third kappa shape index (κ3) is 11.4. The summed E-state index contributed by atoms with van der Waals surface area (Å²) in [4.78, 5) is 8.49. The molecule has 4 rings (SSSR count). The summed E-state index contributed by atoms with van der Waals surface area (Å²) in [5.41, 5.74) is 0.839. The average Bonchev–Trinajstić information content (AvgIpc) is 3.40. The molecule has 0 radical (unpaired) electrons. The van der Waals surface area contributed by atoms with Crippen LogP contribution in [0.4, 0.5) is 34.8 Å². The zero-order valence-electron chi connectivity index (χ0n) is 24.1. The third-order valence-corrected chi connectivity index (χ3v) is 6.76. The van der Waals surface area contributed by atoms with Crippen LogP contribution in [0.25, 0.3) is 0 Å². The molecule has 234 valence electrons. The predicted octanol–water partition coefficient (Wildman–Crippen LogP) is 8.29. The number of allylic oxidation sites excluding steroid dienone is 1. The number of aliphatic hydroxyl groups is 1. The van der Waals surface area contributed by atoms with Crippen LogP contribution in [-0.2, 0) is 0 Å². The normalized spacial score (nSPS) is 14.4. The van der Waals surface area contributed by atoms with Crippen LogP contribution in [0, 0.1) is 5.82 Å². The van der Waals surface area contributed by atoms with Crippen molar-refractivity contribution in [2.75, 3.05) is 30.3 Å². The van der Waals surface area contributed by atoms with Crippen LogP contribution in [0.2, 0.25) is 5.02 Å². The Morgan fingerprint density at radius 1 is 1.19 bits per heavy atom. The van der Waals surface area contributed by atoms with Crippen molar-refractivity contribution in [3.05, 3.63) is 90.0 Å². The van der Waals surface area contributed by atoms with Gasteiger partial charge in [0.1, 0.15) is 28.6 Å². The number of halogens is 5. The van der Waals surface area contributed by atoms with Gasteiger partial charge in [0.05, 0.1) is 17.0 Å². The van der Waals surface area contributed by atoms with Gasteiger partial charge in [-0.3, -0.25) is 0 Å². The van der Waals surface area contributed by atoms with E-state index in [0.717, 1.165) is 36.2 Å². The Labute approximate surface area is 258 Å². The van der Waals surface area contributed by atoms with E-state index in [9.17, 15) is 17.6 Å². The van der Waals surface area contributed by atoms with Crippen LogP contribution in [0.1, 0.15) is 38.9 Å². The number of hydrogen-bond acceptors (Lipinski definition) is 8. The number of fused-ring (bicyclic) bond motifs is 1. The fourth-order valence-corrected chi connectivity index (χ4v) is 4.84. The minimum absolute atomic E-state index is 0.0174. The molecule has 13 heteroatoms. The topological polar surface area (TPSA) is 91.3 Å². The number of thioether (sulfide) groups is 1. The number of benzene rings is 2. The molecule has 0 bridgehead atoms. The number of aromatic nitrogens is 2. The number of nitrogens with one attached hydrogen (secondary N) is 3. The second-order valence-corrected chi connectivity index (χ2v) is 10.1. The van der Waals surface area contributed by atoms with Crippen LogP contribution in [0.15, 0.2) is 78.6 Å². The SMILES string of the molecule is C/C=C/C1Nc2c(Nc3ccc(OC(c4cccc(F)c4)C(F)(F)F)c(Cl)c3)ncnc2S1.C=CCCNCCO.CC. The summed E-state index contributed by atoms with van der Waals surface area (Å²) in [7, 11) is 0. The van der Waals surface area contributed by atoms with Crippen LogP contribution in [0.5, 0.6) is 5.75 Å². The van der Waals surface area contributed by atoms with Crippen molar-refractivity contribution in [1.29, 1.82) is 0 Å². The molecule has 0 saturated heterocycles. The van der Waals surface area contributed by atoms with E-state index < -0.39 is 18.1 Å². The van der Waals surface area contributed by atoms with Crippen LogP contribution < -0.4 is 20.7 Å². The van der Waals surface area contributed by atoms with Crippen molar-refractivity contribution < 1.29 is 27.4 Å². The Kier molecular flexibility index (Phi) is 15.3. The number of ether oxygens (including phenoxy) is 1. The van der Waals surface area contributed by atoms with Gasteiger partial charge in [-0.05, 0) is 50.2 Å². The fourth-order valence-electron chi connectivity index (χ4n) is 3.58. The Morgan fingerprint density at radius 2 is 1.95 bits per heavy atom. The molecule has 2 unspecified atom stereocenters. The molecular weight excluding hydrogens is 606 g/mol. The number of aliphatic hydroxyl groups excluding tert-OH is 1. The zero-order valence-corrected chi connectivity index (χ0v) is 25.7. The van der Waals surface area contributed by atoms with Crippen LogP contribution >= 0.6 is 23.4 Å². The molecule has 43 heavy (non-hydrogen) atoms. The van der Waals surface area contributed by atoms with E-state index in [-0.39, 0.29) is 28.3 Å². The second-order valence-electron chi connectivity index (χ2n) is 8.53. The van der Waals surface area contributed by atoms with Gasteiger partial charge in [0, 0.05) is 17.8 Å². The van der Waals surface area contributed by atoms with E-state index in [1.807, 2.05) is 39.0 Å². The summed E-state index contributed by atoms with van der Waals surface area (Å²) >= 11 is 7.75. The standard InChI is InChI=1S/C22H17ClF4N4OS.C6H13NO.C2H6/c1-2-4-17-31-18-20(28-11-29-21(18)33-17)30-14-7-8-16(15(23)10-14)32-19(22(25,26)27)12-5-3-6-13(24)9-12;1-2-3-4-7-5-6-8;1-2/h2-11,17,19,31H,1H3,(H,28,29,30);2,7-8H,1,3-6H2;1-2H3/b4-2+;;. The molecule has 0 spiro atoms. The van der Waals surface area contributed by atoms with E-state index >= 15 is 0 Å². The highest BCUT2D eigenvalue weighted by molar-refractivity contribution is 8.00. The van der Waals surface area contributed by atoms with Gasteiger partial charge in [0.15, 0.2) is 5.82 Å². The number of alkyl halides is 3. The summed E-state index contributed by atoms with van der Waals surface area (Å²) in [6, 6.07) is 8.43. The Balaban J connectivity index is 0.000000561. The molecule has 7 nitrogen and oxygen atoms in total. The second kappa shape index (κ2) is 18.4. The molecular formula is C30H36ClF4N5O2S. The summed E-state index contributed by atoms with van der Waals surface area (Å²) in [5, 5.41) is 18.4. The van der Waals surface area contributed by atoms with Gasteiger partial charge in [-0.2, -0.15) is 13.2 Å². The van der Waals surface area contributed by atoms with E-state index in [1.54, 1.807) is 0 Å². The molecule has 0 fully saturated rings. The number of nitrogens with zero attached hydrogens (tertiary/aromatic N) is 2. The van der Waals surface area contributed by atoms with Crippen molar-refractivity contribution >= 4 is 40.6 Å². The first-order valence-corrected chi connectivity index (χ1v) is 14.8. The Hall–Kier alpha value is -3.32. The summed E-state index contributed by atoms with van der Waals surface area (Å²) in [6.07, 6.45) is 0.995. The maximum absolute atomic E-state index is 13.6. The lowest BCUT2D eigenvalue weighted by molar-refractivity contribution is -0.198. The van der Waals surface area contributed by atoms with Gasteiger partial charge >= 0.3 is 6.18 Å². The molecule has 1 aliphatic heterocycles. The maximum Gasteiger partial charge on any atom is 0.429 e. The highest BCUT2D eigenvalue weighted by Crippen LogP contribution is 2.43. The Bertz CT molecular complexity index is 1330. The quantitative estimate of drug-likeness (QED) is 0.0720. The Morgan fingerprint density at radius 3 is 2.58 bits per heavy atom. The lowest BCUT2D eigenvalue weighted by atomic mass is 10.1. The molecule has 2 aromatic carbocycles. The molecule has 0 aliphatic carbocycles. The van der Waals surface area contributed by atoms with E-state index in [2.05, 4.69) is 32.5 Å². The molecule has 3 aromatic rings. The highest BCUT2D eigenvalue weighted by Gasteiger charge is 2.43. The highest BCUT2D eigenvalue weighted by atomic mass is 35.5. The number of anilines is 3. The maximum atomic E-state index is 13.6. The monoisotopic (exact) mass is 641 g/mol. The van der Waals surface area contributed by atoms with Gasteiger partial charge in [-0.15, -0.1) is 6.58 Å². The van der Waals surface area contributed by atoms with Crippen molar-refractivity contribution in [2.24, 2.45) is 0 Å². The first-order valence-electron chi connectivity index (χ1n) is 13.5. The molecule has 2 heterocycles. The van der Waals surface area contributed by atoms with Gasteiger partial charge < -0.3 is 25.8 Å². The first-order chi connectivity index (χ1) is 20.7. The molecule has 0 saturated carbocycles. The molecule has 1 aromatic heterocycles. The van der Waals surface area contributed by atoms with Gasteiger partial charge in [0.2, 0.25) is 6.10 Å². The molecule has 4 N–H and O–H groups in total. The zero-order chi connectivity index (χ0) is 31.8. The molecule has 0 amide bonds. The summed E-state index contributed by atoms with van der Waals surface area (Å²) < 4.78 is 59.5. The van der Waals surface area contributed by atoms with E-state index in [4.69, 9.17) is 21.4 Å². The smallest absolute Gasteiger partial charge is 0.429 e. The van der Waals surface area contributed by atoms with Crippen LogP contribution in [0.3, 0.4) is 0 Å². The van der Waals surface area contributed by atoms with Crippen molar-refractivity contribution in [3.63, 3.8) is 0 Å². The van der Waals surface area contributed by atoms with Crippen molar-refractivity contribution in [1.82, 2.24) is 15.3 Å². The minimum atomic E-state index is -4.78. The first kappa shape index (κ1) is 35.9. The van der Waals surface area contributed by atoms with E-state index in [1.165, 1.54) is 42.4 Å². The lowest BCUT2D eigenvalue weighted by Gasteiger charge is -2.23. The fraction of sp³-hybridized carbons (Fsp3) is 0.333. The number of rotatable bonds is 11. The molecule has 2 atom stereocenters. The van der Waals surface area contributed by atoms with Crippen LogP contribution in [-0.4, -0.2) is 46.3 Å². The van der Waals surface area contributed by atoms with Crippen molar-refractivity contribution in [2.45, 2.75) is 49.9 Å². The largest absolute Gasteiger partial charge is 0.475 e.